The van der Waals surface area contributed by atoms with Crippen molar-refractivity contribution >= 4 is 69.0 Å². The molecule has 0 fully saturated rings. The summed E-state index contributed by atoms with van der Waals surface area (Å²) in [5, 5.41) is 16.1. The van der Waals surface area contributed by atoms with Crippen molar-refractivity contribution < 1.29 is 32.2 Å². The molecule has 7 nitrogen and oxygen atoms in total. The minimum absolute atomic E-state index is 0. The average Bonchev–Trinajstić information content (AvgIpc) is 2.89. The Bertz CT molecular complexity index is 581. The van der Waals surface area contributed by atoms with Crippen LogP contribution >= 0.6 is 0 Å². The summed E-state index contributed by atoms with van der Waals surface area (Å²) >= 11 is 0. The van der Waals surface area contributed by atoms with Crippen molar-refractivity contribution in [2.75, 3.05) is 13.2 Å². The molecule has 0 aromatic rings. The second-order valence-electron chi connectivity index (χ2n) is 10.8. The molecule has 0 unspecified atom stereocenters. The third kappa shape index (κ3) is 64.1. The number of hydrogen-bond donors (Lipinski definition) is 3. The van der Waals surface area contributed by atoms with Gasteiger partial charge in [0.25, 0.3) is 0 Å². The van der Waals surface area contributed by atoms with Crippen molar-refractivity contribution in [1.82, 2.24) is 0 Å². The summed E-state index contributed by atoms with van der Waals surface area (Å²) in [6.45, 7) is 6.51. The van der Waals surface area contributed by atoms with E-state index in [0.717, 1.165) is 25.7 Å². The fraction of sp³-hybridized carbons (Fsp3) is 0.969. The van der Waals surface area contributed by atoms with E-state index in [1.165, 1.54) is 128 Å². The molecule has 0 aliphatic rings. The zero-order valence-corrected chi connectivity index (χ0v) is 27.5. The maximum absolute atomic E-state index is 10.3. The van der Waals surface area contributed by atoms with Gasteiger partial charge in [0.05, 0.1) is 6.61 Å². The molecule has 250 valence electrons. The van der Waals surface area contributed by atoms with Gasteiger partial charge in [-0.2, -0.15) is 8.42 Å². The van der Waals surface area contributed by atoms with Gasteiger partial charge in [0.2, 0.25) is 0 Å². The van der Waals surface area contributed by atoms with Gasteiger partial charge in [-0.3, -0.25) is 9.35 Å². The van der Waals surface area contributed by atoms with Gasteiger partial charge in [-0.25, -0.2) is 4.18 Å². The second-order valence-corrected chi connectivity index (χ2v) is 11.9. The predicted molar refractivity (Wildman–Crippen MR) is 185 cm³/mol. The molecule has 0 atom stereocenters. The van der Waals surface area contributed by atoms with E-state index in [4.69, 9.17) is 14.8 Å². The number of aliphatic carboxylic acids is 1. The molecule has 0 rings (SSSR count). The van der Waals surface area contributed by atoms with Crippen molar-refractivity contribution in [1.29, 1.82) is 0 Å². The van der Waals surface area contributed by atoms with Crippen LogP contribution in [-0.4, -0.2) is 95.0 Å². The molecule has 0 saturated heterocycles. The Kier molecular flexibility index (Phi) is 58.2. The van der Waals surface area contributed by atoms with Crippen LogP contribution in [0.3, 0.4) is 0 Å². The molecule has 0 saturated carbocycles. The van der Waals surface area contributed by atoms with Crippen LogP contribution in [0.25, 0.3) is 0 Å². The first kappa shape index (κ1) is 52.6. The molecule has 0 heterocycles. The topological polar surface area (TPSA) is 121 Å². The van der Waals surface area contributed by atoms with E-state index in [0.29, 0.717) is 12.8 Å². The van der Waals surface area contributed by atoms with Crippen molar-refractivity contribution in [3.63, 3.8) is 0 Å². The van der Waals surface area contributed by atoms with E-state index in [9.17, 15) is 13.2 Å². The summed E-state index contributed by atoms with van der Waals surface area (Å²) in [6.07, 6.45) is 32.1. The molecule has 10 heteroatoms. The zero-order valence-electron chi connectivity index (χ0n) is 26.7. The molecule has 0 radical (unpaired) electrons. The first-order valence-electron chi connectivity index (χ1n) is 16.7. The Morgan fingerprint density at radius 3 is 1.02 bits per heavy atom. The quantitative estimate of drug-likeness (QED) is 0.0443. The number of rotatable bonds is 28. The molecular weight excluding hydrogens is 576 g/mol. The van der Waals surface area contributed by atoms with Gasteiger partial charge in [-0.1, -0.05) is 162 Å². The summed E-state index contributed by atoms with van der Waals surface area (Å²) in [7, 11) is -4.23. The SMILES string of the molecule is CCCCCCCCCCCCCCCCCC(=O)O.CCCCCCCCCCCCOS(=O)(=O)O.CCO.[MgH2].[NaH]. The molecule has 0 amide bonds. The van der Waals surface area contributed by atoms with E-state index in [1.54, 1.807) is 6.92 Å². The molecule has 0 aliphatic heterocycles. The van der Waals surface area contributed by atoms with Crippen LogP contribution in [-0.2, 0) is 19.4 Å². The minimum atomic E-state index is -4.23. The van der Waals surface area contributed by atoms with Gasteiger partial charge in [-0.05, 0) is 19.8 Å². The summed E-state index contributed by atoms with van der Waals surface area (Å²) in [4.78, 5) is 10.3. The number of hydrogen-bond acceptors (Lipinski definition) is 5. The average molecular weight is 647 g/mol. The van der Waals surface area contributed by atoms with Crippen molar-refractivity contribution in [2.45, 2.75) is 188 Å². The van der Waals surface area contributed by atoms with Crippen molar-refractivity contribution in [2.24, 2.45) is 0 Å². The Balaban J connectivity index is -0.000000192. The molecule has 0 aromatic carbocycles. The number of aliphatic hydroxyl groups excluding tert-OH is 1. The van der Waals surface area contributed by atoms with Crippen LogP contribution in [0.4, 0.5) is 0 Å². The van der Waals surface area contributed by atoms with Crippen LogP contribution in [0, 0.1) is 0 Å². The number of carboxylic acids is 1. The normalized spacial score (nSPS) is 10.4. The first-order chi connectivity index (χ1) is 19.2. The van der Waals surface area contributed by atoms with Crippen LogP contribution < -0.4 is 0 Å². The van der Waals surface area contributed by atoms with Crippen LogP contribution in [0.1, 0.15) is 188 Å². The van der Waals surface area contributed by atoms with Gasteiger partial charge in [0.1, 0.15) is 0 Å². The molecule has 3 N–H and O–H groups in total. The van der Waals surface area contributed by atoms with E-state index < -0.39 is 16.4 Å². The molecule has 42 heavy (non-hydrogen) atoms. The number of carboxylic acid groups (broad SMARTS) is 1. The van der Waals surface area contributed by atoms with E-state index >= 15 is 0 Å². The van der Waals surface area contributed by atoms with E-state index in [2.05, 4.69) is 18.0 Å². The fourth-order valence-corrected chi connectivity index (χ4v) is 4.73. The van der Waals surface area contributed by atoms with E-state index in [-0.39, 0.29) is 65.8 Å². The Morgan fingerprint density at radius 1 is 0.548 bits per heavy atom. The number of aliphatic hydroxyl groups is 1. The van der Waals surface area contributed by atoms with Crippen LogP contribution in [0.2, 0.25) is 0 Å². The fourth-order valence-electron chi connectivity index (χ4n) is 4.40. The summed E-state index contributed by atoms with van der Waals surface area (Å²) in [5.74, 6) is -0.653. The van der Waals surface area contributed by atoms with Gasteiger partial charge in [-0.15, -0.1) is 0 Å². The second kappa shape index (κ2) is 46.5. The van der Waals surface area contributed by atoms with Gasteiger partial charge < -0.3 is 10.2 Å². The Hall–Kier alpha value is 1.07. The zero-order chi connectivity index (χ0) is 30.6. The molecule has 0 aromatic heterocycles. The summed E-state index contributed by atoms with van der Waals surface area (Å²) in [6, 6.07) is 0. The van der Waals surface area contributed by atoms with E-state index in [1.807, 2.05) is 0 Å². The van der Waals surface area contributed by atoms with Crippen LogP contribution in [0.5, 0.6) is 0 Å². The Labute approximate surface area is 299 Å². The summed E-state index contributed by atoms with van der Waals surface area (Å²) in [5.41, 5.74) is 0. The third-order valence-electron chi connectivity index (χ3n) is 6.72. The Morgan fingerprint density at radius 2 is 0.786 bits per heavy atom. The van der Waals surface area contributed by atoms with Gasteiger partial charge in [0.15, 0.2) is 0 Å². The molecular formula is C32H71MgNaO7S. The van der Waals surface area contributed by atoms with Crippen LogP contribution in [0.15, 0.2) is 0 Å². The third-order valence-corrected chi connectivity index (χ3v) is 7.19. The first-order valence-corrected chi connectivity index (χ1v) is 18.1. The van der Waals surface area contributed by atoms with Gasteiger partial charge >= 0.3 is 69.0 Å². The number of carbonyl (C=O) groups is 1. The molecule has 0 bridgehead atoms. The predicted octanol–water partition coefficient (Wildman–Crippen LogP) is 8.49. The molecule has 0 aliphatic carbocycles. The number of unbranched alkanes of at least 4 members (excludes halogenated alkanes) is 23. The van der Waals surface area contributed by atoms with Crippen molar-refractivity contribution in [3.8, 4) is 0 Å². The van der Waals surface area contributed by atoms with Gasteiger partial charge in [0, 0.05) is 13.0 Å². The molecule has 0 spiro atoms. The maximum atomic E-state index is 10.3. The van der Waals surface area contributed by atoms with Crippen molar-refractivity contribution in [3.05, 3.63) is 0 Å². The monoisotopic (exact) mass is 646 g/mol. The standard InChI is InChI=1S/C18H36O2.C12H26O4S.C2H6O.Mg.Na.3H/c1-2-3-4-5-6-7-8-9-10-11-12-13-14-15-16-17-18(19)20;1-2-3-4-5-6-7-8-9-10-11-12-16-17(13,14)15;1-2-3;;;;;/h2-17H2,1H3,(H,19,20);2-12H2,1H3,(H,13,14,15);3H,2H2,1H3;;;;;. The summed E-state index contributed by atoms with van der Waals surface area (Å²) < 4.78 is 33.0.